The molecule has 4 heteroatoms. The van der Waals surface area contributed by atoms with Crippen molar-refractivity contribution in [3.63, 3.8) is 0 Å². The summed E-state index contributed by atoms with van der Waals surface area (Å²) < 4.78 is 19.8. The maximum atomic E-state index is 14.1. The van der Waals surface area contributed by atoms with Crippen molar-refractivity contribution in [2.24, 2.45) is 5.73 Å². The maximum absolute atomic E-state index is 14.1. The molecule has 0 bridgehead atoms. The maximum Gasteiger partial charge on any atom is 0.142 e. The number of alkyl halides is 1. The summed E-state index contributed by atoms with van der Waals surface area (Å²) in [5, 5.41) is 0. The van der Waals surface area contributed by atoms with Crippen LogP contribution in [-0.4, -0.2) is 30.5 Å². The molecule has 0 fully saturated rings. The van der Waals surface area contributed by atoms with Gasteiger partial charge in [-0.3, -0.25) is 4.90 Å². The van der Waals surface area contributed by atoms with Crippen molar-refractivity contribution in [1.29, 1.82) is 0 Å². The molecule has 0 saturated heterocycles. The van der Waals surface area contributed by atoms with Crippen LogP contribution in [0.15, 0.2) is 60.7 Å². The van der Waals surface area contributed by atoms with Crippen molar-refractivity contribution in [2.45, 2.75) is 32.4 Å². The molecule has 23 heavy (non-hydrogen) atoms. The molecule has 2 aromatic rings. The number of halogens is 1. The van der Waals surface area contributed by atoms with Crippen LogP contribution in [0.3, 0.4) is 0 Å². The standard InChI is InChI=1S/C19H25FN2O/c1-16(20)19(23-13-12-21)22(14-17-8-4-2-5-9-17)15-18-10-6-3-7-11-18/h2-11,16,19H,12-15,21H2,1H3. The van der Waals surface area contributed by atoms with Crippen molar-refractivity contribution >= 4 is 0 Å². The van der Waals surface area contributed by atoms with E-state index in [9.17, 15) is 4.39 Å². The Morgan fingerprint density at radius 2 is 1.43 bits per heavy atom. The quantitative estimate of drug-likeness (QED) is 0.721. The summed E-state index contributed by atoms with van der Waals surface area (Å²) in [7, 11) is 0. The van der Waals surface area contributed by atoms with E-state index in [0.717, 1.165) is 11.1 Å². The van der Waals surface area contributed by atoms with E-state index < -0.39 is 12.4 Å². The largest absolute Gasteiger partial charge is 0.359 e. The Kier molecular flexibility index (Phi) is 7.20. The molecule has 2 unspecified atom stereocenters. The SMILES string of the molecule is CC(F)C(OCCN)N(Cc1ccccc1)Cc1ccccc1. The lowest BCUT2D eigenvalue weighted by Crippen LogP contribution is -2.43. The van der Waals surface area contributed by atoms with Crippen LogP contribution < -0.4 is 5.73 Å². The average Bonchev–Trinajstić information content (AvgIpc) is 2.56. The van der Waals surface area contributed by atoms with Gasteiger partial charge >= 0.3 is 0 Å². The van der Waals surface area contributed by atoms with Crippen molar-refractivity contribution < 1.29 is 9.13 Å². The van der Waals surface area contributed by atoms with Gasteiger partial charge in [-0.25, -0.2) is 4.39 Å². The summed E-state index contributed by atoms with van der Waals surface area (Å²) in [4.78, 5) is 2.02. The zero-order valence-electron chi connectivity index (χ0n) is 13.6. The molecule has 0 radical (unpaired) electrons. The lowest BCUT2D eigenvalue weighted by Gasteiger charge is -2.32. The van der Waals surface area contributed by atoms with Crippen LogP contribution >= 0.6 is 0 Å². The van der Waals surface area contributed by atoms with Gasteiger partial charge in [0.25, 0.3) is 0 Å². The first-order chi connectivity index (χ1) is 11.2. The van der Waals surface area contributed by atoms with Gasteiger partial charge in [-0.05, 0) is 18.1 Å². The molecule has 2 atom stereocenters. The number of nitrogens with zero attached hydrogens (tertiary/aromatic N) is 1. The number of rotatable bonds is 9. The van der Waals surface area contributed by atoms with Crippen LogP contribution in [0.5, 0.6) is 0 Å². The van der Waals surface area contributed by atoms with E-state index in [-0.39, 0.29) is 0 Å². The molecule has 0 aliphatic rings. The summed E-state index contributed by atoms with van der Waals surface area (Å²) in [5.74, 6) is 0. The number of hydrogen-bond donors (Lipinski definition) is 1. The highest BCUT2D eigenvalue weighted by Gasteiger charge is 2.25. The highest BCUT2D eigenvalue weighted by Crippen LogP contribution is 2.18. The molecule has 0 aliphatic heterocycles. The lowest BCUT2D eigenvalue weighted by molar-refractivity contribution is -0.103. The third-order valence-electron chi connectivity index (χ3n) is 3.62. The van der Waals surface area contributed by atoms with Crippen molar-refractivity contribution in [1.82, 2.24) is 4.90 Å². The predicted octanol–water partition coefficient (Wildman–Crippen LogP) is 3.35. The molecule has 2 N–H and O–H groups in total. The fourth-order valence-electron chi connectivity index (χ4n) is 2.59. The van der Waals surface area contributed by atoms with Gasteiger partial charge in [-0.1, -0.05) is 60.7 Å². The van der Waals surface area contributed by atoms with Crippen LogP contribution in [0.25, 0.3) is 0 Å². The Labute approximate surface area is 137 Å². The van der Waals surface area contributed by atoms with Crippen molar-refractivity contribution in [3.05, 3.63) is 71.8 Å². The molecular weight excluding hydrogens is 291 g/mol. The molecule has 0 heterocycles. The molecular formula is C19H25FN2O. The number of nitrogens with two attached hydrogens (primary N) is 1. The Balaban J connectivity index is 2.18. The second kappa shape index (κ2) is 9.40. The molecule has 0 aliphatic carbocycles. The molecule has 0 spiro atoms. The minimum Gasteiger partial charge on any atom is -0.359 e. The van der Waals surface area contributed by atoms with Crippen molar-refractivity contribution in [3.8, 4) is 0 Å². The highest BCUT2D eigenvalue weighted by atomic mass is 19.1. The molecule has 0 saturated carbocycles. The Morgan fingerprint density at radius 3 is 1.83 bits per heavy atom. The number of hydrogen-bond acceptors (Lipinski definition) is 3. The Hall–Kier alpha value is -1.75. The second-order valence-electron chi connectivity index (χ2n) is 5.60. The van der Waals surface area contributed by atoms with E-state index in [2.05, 4.69) is 0 Å². The minimum atomic E-state index is -1.10. The Bertz CT molecular complexity index is 506. The fourth-order valence-corrected chi connectivity index (χ4v) is 2.59. The van der Waals surface area contributed by atoms with E-state index in [1.807, 2.05) is 65.6 Å². The third-order valence-corrected chi connectivity index (χ3v) is 3.62. The first-order valence-electron chi connectivity index (χ1n) is 7.98. The smallest absolute Gasteiger partial charge is 0.142 e. The molecule has 124 valence electrons. The van der Waals surface area contributed by atoms with E-state index in [1.54, 1.807) is 0 Å². The van der Waals surface area contributed by atoms with Gasteiger partial charge in [0, 0.05) is 19.6 Å². The minimum absolute atomic E-state index is 0.346. The van der Waals surface area contributed by atoms with Crippen LogP contribution in [0.4, 0.5) is 4.39 Å². The van der Waals surface area contributed by atoms with Crippen LogP contribution in [0.1, 0.15) is 18.1 Å². The molecule has 3 nitrogen and oxygen atoms in total. The molecule has 0 aromatic heterocycles. The van der Waals surface area contributed by atoms with Crippen molar-refractivity contribution in [2.75, 3.05) is 13.2 Å². The van der Waals surface area contributed by atoms with E-state index in [0.29, 0.717) is 26.2 Å². The van der Waals surface area contributed by atoms with Gasteiger partial charge in [-0.2, -0.15) is 0 Å². The summed E-state index contributed by atoms with van der Waals surface area (Å²) in [5.41, 5.74) is 7.78. The molecule has 2 aromatic carbocycles. The number of ether oxygens (including phenoxy) is 1. The lowest BCUT2D eigenvalue weighted by atomic mass is 10.1. The zero-order valence-corrected chi connectivity index (χ0v) is 13.6. The first kappa shape index (κ1) is 17.6. The summed E-state index contributed by atoms with van der Waals surface area (Å²) in [6.45, 7) is 3.51. The first-order valence-corrected chi connectivity index (χ1v) is 7.98. The summed E-state index contributed by atoms with van der Waals surface area (Å²) >= 11 is 0. The number of benzene rings is 2. The van der Waals surface area contributed by atoms with Gasteiger partial charge in [0.15, 0.2) is 0 Å². The average molecular weight is 316 g/mol. The van der Waals surface area contributed by atoms with Crippen LogP contribution in [-0.2, 0) is 17.8 Å². The summed E-state index contributed by atoms with van der Waals surface area (Å²) in [6.07, 6.45) is -1.71. The second-order valence-corrected chi connectivity index (χ2v) is 5.60. The third kappa shape index (κ3) is 5.75. The van der Waals surface area contributed by atoms with Gasteiger partial charge in [-0.15, -0.1) is 0 Å². The van der Waals surface area contributed by atoms with E-state index >= 15 is 0 Å². The van der Waals surface area contributed by atoms with Gasteiger partial charge in [0.05, 0.1) is 6.61 Å². The van der Waals surface area contributed by atoms with Gasteiger partial charge in [0.1, 0.15) is 12.4 Å². The highest BCUT2D eigenvalue weighted by molar-refractivity contribution is 5.17. The topological polar surface area (TPSA) is 38.5 Å². The van der Waals surface area contributed by atoms with E-state index in [4.69, 9.17) is 10.5 Å². The van der Waals surface area contributed by atoms with Gasteiger partial charge in [0.2, 0.25) is 0 Å². The zero-order chi connectivity index (χ0) is 16.5. The normalized spacial score (nSPS) is 13.9. The summed E-state index contributed by atoms with van der Waals surface area (Å²) in [6, 6.07) is 20.1. The van der Waals surface area contributed by atoms with Crippen LogP contribution in [0, 0.1) is 0 Å². The van der Waals surface area contributed by atoms with Crippen LogP contribution in [0.2, 0.25) is 0 Å². The monoisotopic (exact) mass is 316 g/mol. The fraction of sp³-hybridized carbons (Fsp3) is 0.368. The molecule has 0 amide bonds. The van der Waals surface area contributed by atoms with E-state index in [1.165, 1.54) is 6.92 Å². The molecule has 2 rings (SSSR count). The van der Waals surface area contributed by atoms with Gasteiger partial charge < -0.3 is 10.5 Å². The predicted molar refractivity (Wildman–Crippen MR) is 91.5 cm³/mol. The Morgan fingerprint density at radius 1 is 0.957 bits per heavy atom.